The van der Waals surface area contributed by atoms with Crippen molar-refractivity contribution in [2.45, 2.75) is 20.8 Å². The highest BCUT2D eigenvalue weighted by atomic mass is 16.1. The van der Waals surface area contributed by atoms with E-state index in [1.807, 2.05) is 44.0 Å². The Morgan fingerprint density at radius 1 is 1.26 bits per heavy atom. The third-order valence-electron chi connectivity index (χ3n) is 4.22. The summed E-state index contributed by atoms with van der Waals surface area (Å²) in [4.78, 5) is 26.2. The van der Waals surface area contributed by atoms with Crippen LogP contribution in [0.25, 0.3) is 17.1 Å². The lowest BCUT2D eigenvalue weighted by atomic mass is 10.2. The Kier molecular flexibility index (Phi) is 2.87. The second kappa shape index (κ2) is 4.81. The van der Waals surface area contributed by atoms with Gasteiger partial charge < -0.3 is 9.88 Å². The maximum absolute atomic E-state index is 12.1. The first-order chi connectivity index (χ1) is 11.1. The van der Waals surface area contributed by atoms with Crippen LogP contribution in [0, 0.1) is 13.8 Å². The number of fused-ring (bicyclic) bond motifs is 5. The summed E-state index contributed by atoms with van der Waals surface area (Å²) < 4.78 is 2.09. The van der Waals surface area contributed by atoms with Crippen LogP contribution in [-0.4, -0.2) is 26.1 Å². The van der Waals surface area contributed by atoms with Gasteiger partial charge in [0.1, 0.15) is 17.5 Å². The molecule has 1 aliphatic heterocycles. The lowest BCUT2D eigenvalue weighted by molar-refractivity contribution is 0.931. The third kappa shape index (κ3) is 1.84. The van der Waals surface area contributed by atoms with E-state index in [9.17, 15) is 4.79 Å². The fraction of sp³-hybridized carbons (Fsp3) is 0.235. The minimum absolute atomic E-state index is 0.113. The normalized spacial score (nSPS) is 12.4. The lowest BCUT2D eigenvalue weighted by Crippen LogP contribution is -2.23. The summed E-state index contributed by atoms with van der Waals surface area (Å²) in [6, 6.07) is 5.55. The van der Waals surface area contributed by atoms with Crippen LogP contribution < -0.4 is 10.5 Å². The molecule has 23 heavy (non-hydrogen) atoms. The first kappa shape index (κ1) is 13.8. The Balaban J connectivity index is 2.22. The smallest absolute Gasteiger partial charge is 0.249 e. The fourth-order valence-corrected chi connectivity index (χ4v) is 3.25. The van der Waals surface area contributed by atoms with Crippen LogP contribution >= 0.6 is 0 Å². The maximum atomic E-state index is 12.1. The van der Waals surface area contributed by atoms with E-state index in [0.717, 1.165) is 40.0 Å². The van der Waals surface area contributed by atoms with Gasteiger partial charge in [-0.05, 0) is 38.5 Å². The molecule has 0 spiro atoms. The van der Waals surface area contributed by atoms with Crippen molar-refractivity contribution in [2.24, 2.45) is 0 Å². The van der Waals surface area contributed by atoms with Gasteiger partial charge in [-0.25, -0.2) is 9.97 Å². The van der Waals surface area contributed by atoms with Crippen molar-refractivity contribution in [1.29, 1.82) is 0 Å². The maximum Gasteiger partial charge on any atom is 0.249 e. The number of nitrogens with one attached hydrogen (secondary N) is 1. The van der Waals surface area contributed by atoms with Gasteiger partial charge in [-0.2, -0.15) is 0 Å². The molecule has 4 heterocycles. The monoisotopic (exact) mass is 307 g/mol. The zero-order valence-corrected chi connectivity index (χ0v) is 13.3. The highest BCUT2D eigenvalue weighted by molar-refractivity contribution is 5.83. The van der Waals surface area contributed by atoms with Gasteiger partial charge in [0.15, 0.2) is 0 Å². The van der Waals surface area contributed by atoms with Crippen LogP contribution in [0.15, 0.2) is 35.4 Å². The molecule has 0 saturated carbocycles. The Hall–Kier alpha value is -2.89. The number of aromatic amines is 1. The first-order valence-corrected chi connectivity index (χ1v) is 7.63. The van der Waals surface area contributed by atoms with E-state index in [1.165, 1.54) is 0 Å². The number of hydrogen-bond donors (Lipinski definition) is 1. The number of H-pyrrole nitrogens is 1. The van der Waals surface area contributed by atoms with Crippen molar-refractivity contribution in [3.05, 3.63) is 52.2 Å². The van der Waals surface area contributed by atoms with Crippen molar-refractivity contribution >= 4 is 11.6 Å². The van der Waals surface area contributed by atoms with Crippen LogP contribution in [0.3, 0.4) is 0 Å². The van der Waals surface area contributed by atoms with Gasteiger partial charge in [0.05, 0.1) is 11.3 Å². The highest BCUT2D eigenvalue weighted by Gasteiger charge is 2.28. The molecule has 3 aromatic rings. The Labute approximate surface area is 133 Å². The number of aryl methyl sites for hydroxylation is 2. The van der Waals surface area contributed by atoms with Gasteiger partial charge in [-0.1, -0.05) is 0 Å². The third-order valence-corrected chi connectivity index (χ3v) is 4.22. The average Bonchev–Trinajstić information content (AvgIpc) is 2.84. The molecule has 4 rings (SSSR count). The van der Waals surface area contributed by atoms with Crippen molar-refractivity contribution < 1.29 is 0 Å². The molecule has 0 amide bonds. The molecular weight excluding hydrogens is 290 g/mol. The topological polar surface area (TPSA) is 66.8 Å². The molecule has 6 heteroatoms. The van der Waals surface area contributed by atoms with Crippen LogP contribution in [0.5, 0.6) is 0 Å². The van der Waals surface area contributed by atoms with Gasteiger partial charge in [0.25, 0.3) is 0 Å². The SMILES string of the molecule is CCN1c2ncccc2-c2ncc(C)n2-c2c(C)cc(=O)[nH]c21. The first-order valence-electron chi connectivity index (χ1n) is 7.63. The minimum Gasteiger partial charge on any atom is -0.310 e. The summed E-state index contributed by atoms with van der Waals surface area (Å²) in [6.45, 7) is 6.71. The number of aromatic nitrogens is 4. The molecule has 0 fully saturated rings. The van der Waals surface area contributed by atoms with E-state index in [4.69, 9.17) is 0 Å². The van der Waals surface area contributed by atoms with Gasteiger partial charge in [0, 0.05) is 30.7 Å². The Morgan fingerprint density at radius 2 is 2.09 bits per heavy atom. The predicted octanol–water partition coefficient (Wildman–Crippen LogP) is 2.71. The summed E-state index contributed by atoms with van der Waals surface area (Å²) in [5.41, 5.74) is 3.73. The molecule has 0 aliphatic carbocycles. The van der Waals surface area contributed by atoms with Crippen LogP contribution in [0.4, 0.5) is 11.6 Å². The molecular formula is C17H17N5O. The summed E-state index contributed by atoms with van der Waals surface area (Å²) >= 11 is 0. The molecule has 0 radical (unpaired) electrons. The molecule has 6 nitrogen and oxygen atoms in total. The molecule has 1 aliphatic rings. The summed E-state index contributed by atoms with van der Waals surface area (Å²) in [5.74, 6) is 2.41. The zero-order chi connectivity index (χ0) is 16.1. The second-order valence-corrected chi connectivity index (χ2v) is 5.69. The summed E-state index contributed by atoms with van der Waals surface area (Å²) in [5, 5.41) is 0. The molecule has 116 valence electrons. The predicted molar refractivity (Wildman–Crippen MR) is 89.6 cm³/mol. The fourth-order valence-electron chi connectivity index (χ4n) is 3.25. The lowest BCUT2D eigenvalue weighted by Gasteiger charge is -2.23. The standard InChI is InChI=1S/C17H17N5O/c1-4-21-15-12(6-5-7-18-15)16-19-9-11(3)22(16)14-10(2)8-13(23)20-17(14)21/h5-9H,4H2,1-3H3,(H,20,23). The van der Waals surface area contributed by atoms with Gasteiger partial charge in [0.2, 0.25) is 5.56 Å². The van der Waals surface area contributed by atoms with Crippen LogP contribution in [0.2, 0.25) is 0 Å². The van der Waals surface area contributed by atoms with E-state index in [-0.39, 0.29) is 5.56 Å². The summed E-state index contributed by atoms with van der Waals surface area (Å²) in [6.07, 6.45) is 3.61. The van der Waals surface area contributed by atoms with Crippen molar-refractivity contribution in [3.63, 3.8) is 0 Å². The summed E-state index contributed by atoms with van der Waals surface area (Å²) in [7, 11) is 0. The molecule has 0 saturated heterocycles. The van der Waals surface area contributed by atoms with Crippen molar-refractivity contribution in [3.8, 4) is 17.1 Å². The molecule has 0 bridgehead atoms. The Bertz CT molecular complexity index is 969. The van der Waals surface area contributed by atoms with E-state index in [0.29, 0.717) is 6.54 Å². The van der Waals surface area contributed by atoms with Gasteiger partial charge in [-0.15, -0.1) is 0 Å². The largest absolute Gasteiger partial charge is 0.310 e. The van der Waals surface area contributed by atoms with E-state index in [2.05, 4.69) is 19.5 Å². The number of nitrogens with zero attached hydrogens (tertiary/aromatic N) is 4. The number of anilines is 2. The quantitative estimate of drug-likeness (QED) is 0.750. The zero-order valence-electron chi connectivity index (χ0n) is 13.3. The molecule has 1 N–H and O–H groups in total. The molecule has 0 aromatic carbocycles. The van der Waals surface area contributed by atoms with Gasteiger partial charge >= 0.3 is 0 Å². The van der Waals surface area contributed by atoms with E-state index >= 15 is 0 Å². The van der Waals surface area contributed by atoms with Crippen molar-refractivity contribution in [1.82, 2.24) is 19.5 Å². The van der Waals surface area contributed by atoms with E-state index in [1.54, 1.807) is 12.3 Å². The van der Waals surface area contributed by atoms with Gasteiger partial charge in [-0.3, -0.25) is 9.36 Å². The van der Waals surface area contributed by atoms with Crippen molar-refractivity contribution in [2.75, 3.05) is 11.4 Å². The van der Waals surface area contributed by atoms with E-state index < -0.39 is 0 Å². The number of pyridine rings is 2. The van der Waals surface area contributed by atoms with Crippen LogP contribution in [0.1, 0.15) is 18.2 Å². The number of hydrogen-bond acceptors (Lipinski definition) is 4. The molecule has 0 atom stereocenters. The molecule has 0 unspecified atom stereocenters. The second-order valence-electron chi connectivity index (χ2n) is 5.69. The average molecular weight is 307 g/mol. The van der Waals surface area contributed by atoms with Crippen LogP contribution in [-0.2, 0) is 0 Å². The highest BCUT2D eigenvalue weighted by Crippen LogP contribution is 2.40. The minimum atomic E-state index is -0.113. The number of rotatable bonds is 1. The Morgan fingerprint density at radius 3 is 2.87 bits per heavy atom. The molecule has 3 aromatic heterocycles. The number of imidazole rings is 1.